The molecule has 0 radical (unpaired) electrons. The largest absolute Gasteiger partial charge is 0.497 e. The number of benzene rings is 2. The number of likely N-dealkylation sites (tertiary alicyclic amines) is 1. The van der Waals surface area contributed by atoms with E-state index >= 15 is 0 Å². The van der Waals surface area contributed by atoms with Crippen LogP contribution in [0.3, 0.4) is 0 Å². The maximum Gasteiger partial charge on any atom is 0.253 e. The van der Waals surface area contributed by atoms with Crippen LogP contribution in [0.25, 0.3) is 10.2 Å². The summed E-state index contributed by atoms with van der Waals surface area (Å²) in [6.07, 6.45) is 1.53. The highest BCUT2D eigenvalue weighted by Gasteiger charge is 2.29. The van der Waals surface area contributed by atoms with Gasteiger partial charge in [-0.3, -0.25) is 9.59 Å². The number of halogens is 1. The third-order valence-electron chi connectivity index (χ3n) is 5.00. The van der Waals surface area contributed by atoms with Gasteiger partial charge in [0.15, 0.2) is 5.13 Å². The van der Waals surface area contributed by atoms with Crippen LogP contribution in [0.4, 0.5) is 5.13 Å². The first-order valence-electron chi connectivity index (χ1n) is 9.34. The van der Waals surface area contributed by atoms with Crippen LogP contribution < -0.4 is 10.1 Å². The zero-order valence-electron chi connectivity index (χ0n) is 15.9. The zero-order valence-corrected chi connectivity index (χ0v) is 17.4. The molecule has 0 saturated carbocycles. The van der Waals surface area contributed by atoms with Gasteiger partial charge in [-0.25, -0.2) is 4.98 Å². The molecule has 0 bridgehead atoms. The molecule has 0 aliphatic carbocycles. The number of nitrogens with one attached hydrogen (secondary N) is 1. The summed E-state index contributed by atoms with van der Waals surface area (Å²) in [5.74, 6) is 0.306. The predicted molar refractivity (Wildman–Crippen MR) is 115 cm³/mol. The number of hydrogen-bond acceptors (Lipinski definition) is 5. The van der Waals surface area contributed by atoms with E-state index in [1.165, 1.54) is 11.3 Å². The van der Waals surface area contributed by atoms with Crippen molar-refractivity contribution in [2.45, 2.75) is 12.8 Å². The van der Waals surface area contributed by atoms with Gasteiger partial charge in [0.05, 0.1) is 23.2 Å². The second-order valence-corrected chi connectivity index (χ2v) is 8.41. The number of piperidine rings is 1. The van der Waals surface area contributed by atoms with Crippen molar-refractivity contribution in [2.75, 3.05) is 25.5 Å². The molecule has 1 saturated heterocycles. The topological polar surface area (TPSA) is 71.5 Å². The number of fused-ring (bicyclic) bond motifs is 1. The first-order chi connectivity index (χ1) is 14.0. The Labute approximate surface area is 177 Å². The maximum absolute atomic E-state index is 12.8. The second kappa shape index (κ2) is 8.39. The minimum absolute atomic E-state index is 0.0775. The van der Waals surface area contributed by atoms with Gasteiger partial charge in [0.2, 0.25) is 5.91 Å². The Morgan fingerprint density at radius 3 is 2.79 bits per heavy atom. The van der Waals surface area contributed by atoms with Crippen molar-refractivity contribution in [3.05, 3.63) is 53.1 Å². The van der Waals surface area contributed by atoms with E-state index in [1.54, 1.807) is 36.3 Å². The van der Waals surface area contributed by atoms with E-state index < -0.39 is 0 Å². The van der Waals surface area contributed by atoms with Gasteiger partial charge in [-0.2, -0.15) is 0 Å². The number of amides is 2. The van der Waals surface area contributed by atoms with Gasteiger partial charge in [0, 0.05) is 23.7 Å². The molecular weight excluding hydrogens is 410 g/mol. The van der Waals surface area contributed by atoms with Crippen molar-refractivity contribution in [3.63, 3.8) is 0 Å². The van der Waals surface area contributed by atoms with E-state index in [2.05, 4.69) is 10.3 Å². The molecule has 8 heteroatoms. The van der Waals surface area contributed by atoms with Crippen molar-refractivity contribution in [2.24, 2.45) is 5.92 Å². The predicted octanol–water partition coefficient (Wildman–Crippen LogP) is 4.45. The quantitative estimate of drug-likeness (QED) is 0.665. The first-order valence-corrected chi connectivity index (χ1v) is 10.5. The molecule has 2 heterocycles. The average Bonchev–Trinajstić information content (AvgIpc) is 3.15. The Morgan fingerprint density at radius 2 is 2.03 bits per heavy atom. The molecule has 0 spiro atoms. The van der Waals surface area contributed by atoms with Gasteiger partial charge < -0.3 is 15.0 Å². The minimum Gasteiger partial charge on any atom is -0.497 e. The van der Waals surface area contributed by atoms with E-state index in [-0.39, 0.29) is 17.7 Å². The summed E-state index contributed by atoms with van der Waals surface area (Å²) in [5.41, 5.74) is 1.39. The van der Waals surface area contributed by atoms with Gasteiger partial charge in [-0.1, -0.05) is 22.9 Å². The summed E-state index contributed by atoms with van der Waals surface area (Å²) in [6, 6.07) is 12.4. The number of carbonyl (C=O) groups excluding carboxylic acids is 2. The molecule has 6 nitrogen and oxygen atoms in total. The van der Waals surface area contributed by atoms with Crippen LogP contribution in [0.15, 0.2) is 42.5 Å². The molecule has 1 aromatic heterocycles. The van der Waals surface area contributed by atoms with Crippen molar-refractivity contribution in [1.29, 1.82) is 0 Å². The van der Waals surface area contributed by atoms with Gasteiger partial charge in [0.25, 0.3) is 5.91 Å². The minimum atomic E-state index is -0.262. The van der Waals surface area contributed by atoms with Crippen molar-refractivity contribution >= 4 is 50.1 Å². The highest BCUT2D eigenvalue weighted by Crippen LogP contribution is 2.30. The molecule has 4 rings (SSSR count). The summed E-state index contributed by atoms with van der Waals surface area (Å²) in [4.78, 5) is 31.7. The lowest BCUT2D eigenvalue weighted by Gasteiger charge is -2.32. The summed E-state index contributed by atoms with van der Waals surface area (Å²) in [6.45, 7) is 1.04. The Kier molecular flexibility index (Phi) is 5.69. The van der Waals surface area contributed by atoms with Crippen LogP contribution in [0, 0.1) is 5.92 Å². The van der Waals surface area contributed by atoms with Crippen molar-refractivity contribution in [3.8, 4) is 5.75 Å². The smallest absolute Gasteiger partial charge is 0.253 e. The van der Waals surface area contributed by atoms with Gasteiger partial charge in [-0.15, -0.1) is 0 Å². The fraction of sp³-hybridized carbons (Fsp3) is 0.286. The zero-order chi connectivity index (χ0) is 20.4. The van der Waals surface area contributed by atoms with E-state index in [4.69, 9.17) is 16.3 Å². The lowest BCUT2D eigenvalue weighted by molar-refractivity contribution is -0.121. The highest BCUT2D eigenvalue weighted by molar-refractivity contribution is 7.22. The Bertz CT molecular complexity index is 1050. The van der Waals surface area contributed by atoms with Crippen molar-refractivity contribution < 1.29 is 14.3 Å². The van der Waals surface area contributed by atoms with E-state index in [1.807, 2.05) is 18.2 Å². The number of rotatable bonds is 4. The van der Waals surface area contributed by atoms with Crippen LogP contribution >= 0.6 is 22.9 Å². The molecule has 3 aromatic rings. The fourth-order valence-electron chi connectivity index (χ4n) is 3.44. The van der Waals surface area contributed by atoms with Gasteiger partial charge in [0.1, 0.15) is 5.75 Å². The molecule has 2 amide bonds. The normalized spacial score (nSPS) is 16.6. The Morgan fingerprint density at radius 1 is 1.24 bits per heavy atom. The van der Waals surface area contributed by atoms with Gasteiger partial charge >= 0.3 is 0 Å². The molecule has 1 aliphatic heterocycles. The lowest BCUT2D eigenvalue weighted by Crippen LogP contribution is -2.43. The Hall–Kier alpha value is -2.64. The monoisotopic (exact) mass is 429 g/mol. The number of ether oxygens (including phenoxy) is 1. The number of nitrogens with zero attached hydrogens (tertiary/aromatic N) is 2. The molecule has 150 valence electrons. The number of carbonyl (C=O) groups is 2. The summed E-state index contributed by atoms with van der Waals surface area (Å²) < 4.78 is 6.18. The maximum atomic E-state index is 12.8. The highest BCUT2D eigenvalue weighted by atomic mass is 35.5. The van der Waals surface area contributed by atoms with Crippen molar-refractivity contribution in [1.82, 2.24) is 9.88 Å². The molecule has 1 atom stereocenters. The standard InChI is InChI=1S/C21H20ClN3O3S/c1-28-16-8-9-17-18(11-16)29-21(23-17)24-19(26)14-3-2-10-25(12-14)20(27)13-4-6-15(22)7-5-13/h4-9,11,14H,2-3,10,12H2,1H3,(H,23,24,26)/t14-/m1/s1. The molecule has 1 N–H and O–H groups in total. The van der Waals surface area contributed by atoms with Crippen LogP contribution in [-0.4, -0.2) is 41.9 Å². The summed E-state index contributed by atoms with van der Waals surface area (Å²) >= 11 is 7.31. The number of methoxy groups -OCH3 is 1. The molecule has 2 aromatic carbocycles. The number of anilines is 1. The van der Waals surface area contributed by atoms with E-state index in [0.717, 1.165) is 28.8 Å². The Balaban J connectivity index is 1.43. The van der Waals surface area contributed by atoms with Crippen LogP contribution in [0.5, 0.6) is 5.75 Å². The molecule has 29 heavy (non-hydrogen) atoms. The summed E-state index contributed by atoms with van der Waals surface area (Å²) in [7, 11) is 1.62. The molecule has 1 aliphatic rings. The third-order valence-corrected chi connectivity index (χ3v) is 6.18. The van der Waals surface area contributed by atoms with Gasteiger partial charge in [-0.05, 0) is 55.3 Å². The lowest BCUT2D eigenvalue weighted by atomic mass is 9.96. The molecular formula is C21H20ClN3O3S. The van der Waals surface area contributed by atoms with Crippen LogP contribution in [0.1, 0.15) is 23.2 Å². The third kappa shape index (κ3) is 4.36. The first kappa shape index (κ1) is 19.7. The summed E-state index contributed by atoms with van der Waals surface area (Å²) in [5, 5.41) is 4.06. The van der Waals surface area contributed by atoms with Crippen LogP contribution in [0.2, 0.25) is 5.02 Å². The number of aromatic nitrogens is 1. The van der Waals surface area contributed by atoms with E-state index in [9.17, 15) is 9.59 Å². The van der Waals surface area contributed by atoms with Crippen LogP contribution in [-0.2, 0) is 4.79 Å². The van der Waals surface area contributed by atoms with E-state index in [0.29, 0.717) is 28.8 Å². The number of thiazole rings is 1. The number of hydrogen-bond donors (Lipinski definition) is 1. The second-order valence-electron chi connectivity index (χ2n) is 6.94. The fourth-order valence-corrected chi connectivity index (χ4v) is 4.47. The molecule has 0 unspecified atom stereocenters. The SMILES string of the molecule is COc1ccc2nc(NC(=O)[C@@H]3CCCN(C(=O)c4ccc(Cl)cc4)C3)sc2c1. The average molecular weight is 430 g/mol. The molecule has 1 fully saturated rings.